The highest BCUT2D eigenvalue weighted by Crippen LogP contribution is 2.07. The molecule has 20 heavy (non-hydrogen) atoms. The van der Waals surface area contributed by atoms with Gasteiger partial charge in [-0.3, -0.25) is 0 Å². The Kier molecular flexibility index (Phi) is 6.79. The molecule has 1 rings (SSSR count). The maximum absolute atomic E-state index is 11.3. The normalized spacial score (nSPS) is 12.1. The summed E-state index contributed by atoms with van der Waals surface area (Å²) in [6.45, 7) is 0.870. The molecule has 6 nitrogen and oxygen atoms in total. The molecular formula is C14H23N3O3. The summed E-state index contributed by atoms with van der Waals surface area (Å²) in [6.07, 6.45) is 2.08. The summed E-state index contributed by atoms with van der Waals surface area (Å²) in [4.78, 5) is 18.9. The van der Waals surface area contributed by atoms with Crippen LogP contribution in [0.5, 0.6) is 5.88 Å². The molecule has 0 saturated heterocycles. The van der Waals surface area contributed by atoms with E-state index in [9.17, 15) is 4.79 Å². The van der Waals surface area contributed by atoms with Crippen LogP contribution >= 0.6 is 0 Å². The first kappa shape index (κ1) is 16.2. The Morgan fingerprint density at radius 3 is 2.60 bits per heavy atom. The Hall–Kier alpha value is -1.82. The molecule has 112 valence electrons. The fourth-order valence-corrected chi connectivity index (χ4v) is 1.52. The highest BCUT2D eigenvalue weighted by atomic mass is 16.6. The van der Waals surface area contributed by atoms with E-state index < -0.39 is 0 Å². The Bertz CT molecular complexity index is 396. The second-order valence-corrected chi connectivity index (χ2v) is 4.89. The van der Waals surface area contributed by atoms with E-state index in [4.69, 9.17) is 9.47 Å². The van der Waals surface area contributed by atoms with Gasteiger partial charge in [0.1, 0.15) is 6.61 Å². The average molecular weight is 281 g/mol. The topological polar surface area (TPSA) is 54.9 Å². The van der Waals surface area contributed by atoms with Crippen molar-refractivity contribution in [3.05, 3.63) is 24.4 Å². The van der Waals surface area contributed by atoms with Crippen molar-refractivity contribution in [2.75, 3.05) is 41.4 Å². The number of rotatable bonds is 7. The minimum Gasteiger partial charge on any atom is -0.476 e. The largest absolute Gasteiger partial charge is 0.476 e. The zero-order valence-electron chi connectivity index (χ0n) is 12.6. The quantitative estimate of drug-likeness (QED) is 0.757. The summed E-state index contributed by atoms with van der Waals surface area (Å²) in [5, 5.41) is 0. The molecule has 1 unspecified atom stereocenters. The van der Waals surface area contributed by atoms with Crippen LogP contribution in [0.3, 0.4) is 0 Å². The fourth-order valence-electron chi connectivity index (χ4n) is 1.52. The van der Waals surface area contributed by atoms with Crippen molar-refractivity contribution in [2.24, 2.45) is 0 Å². The van der Waals surface area contributed by atoms with Gasteiger partial charge < -0.3 is 19.3 Å². The third-order valence-electron chi connectivity index (χ3n) is 2.83. The summed E-state index contributed by atoms with van der Waals surface area (Å²) < 4.78 is 10.8. The Labute approximate surface area is 120 Å². The Morgan fingerprint density at radius 2 is 2.05 bits per heavy atom. The van der Waals surface area contributed by atoms with Gasteiger partial charge in [0.2, 0.25) is 5.88 Å². The van der Waals surface area contributed by atoms with Crippen molar-refractivity contribution in [2.45, 2.75) is 12.5 Å². The lowest BCUT2D eigenvalue weighted by molar-refractivity contribution is 0.0971. The number of likely N-dealkylation sites (N-methyl/N-ethyl adjacent to an activating group) is 1. The van der Waals surface area contributed by atoms with Gasteiger partial charge in [0.15, 0.2) is 0 Å². The maximum atomic E-state index is 11.3. The predicted octanol–water partition coefficient (Wildman–Crippen LogP) is 1.48. The van der Waals surface area contributed by atoms with Crippen LogP contribution < -0.4 is 4.74 Å². The van der Waals surface area contributed by atoms with Crippen molar-refractivity contribution in [3.63, 3.8) is 0 Å². The number of aromatic nitrogens is 1. The van der Waals surface area contributed by atoms with Crippen LogP contribution in [0.4, 0.5) is 4.79 Å². The van der Waals surface area contributed by atoms with Crippen LogP contribution in [-0.4, -0.2) is 68.3 Å². The van der Waals surface area contributed by atoms with Crippen LogP contribution in [-0.2, 0) is 4.74 Å². The molecule has 0 aliphatic carbocycles. The van der Waals surface area contributed by atoms with Crippen molar-refractivity contribution in [1.29, 1.82) is 0 Å². The van der Waals surface area contributed by atoms with Gasteiger partial charge in [-0.2, -0.15) is 0 Å². The second kappa shape index (κ2) is 8.37. The number of carbonyl (C=O) groups is 1. The van der Waals surface area contributed by atoms with E-state index in [2.05, 4.69) is 4.98 Å². The molecule has 1 amide bonds. The van der Waals surface area contributed by atoms with Crippen LogP contribution in [0.1, 0.15) is 6.42 Å². The van der Waals surface area contributed by atoms with E-state index in [-0.39, 0.29) is 12.1 Å². The van der Waals surface area contributed by atoms with Crippen molar-refractivity contribution < 1.29 is 14.3 Å². The first-order valence-electron chi connectivity index (χ1n) is 6.55. The van der Waals surface area contributed by atoms with E-state index >= 15 is 0 Å². The molecule has 0 aliphatic heterocycles. The lowest BCUT2D eigenvalue weighted by Gasteiger charge is -2.24. The monoisotopic (exact) mass is 281 g/mol. The molecule has 6 heteroatoms. The van der Waals surface area contributed by atoms with E-state index in [1.54, 1.807) is 20.3 Å². The summed E-state index contributed by atoms with van der Waals surface area (Å²) in [7, 11) is 7.27. The zero-order chi connectivity index (χ0) is 15.0. The van der Waals surface area contributed by atoms with E-state index in [1.807, 2.05) is 37.2 Å². The lowest BCUT2D eigenvalue weighted by atomic mass is 10.2. The van der Waals surface area contributed by atoms with Crippen LogP contribution in [0, 0.1) is 0 Å². The van der Waals surface area contributed by atoms with Gasteiger partial charge in [-0.1, -0.05) is 6.07 Å². The fraction of sp³-hybridized carbons (Fsp3) is 0.571. The molecule has 0 N–H and O–H groups in total. The molecule has 1 aromatic heterocycles. The maximum Gasteiger partial charge on any atom is 0.409 e. The number of nitrogens with zero attached hydrogens (tertiary/aromatic N) is 3. The highest BCUT2D eigenvalue weighted by Gasteiger charge is 2.14. The van der Waals surface area contributed by atoms with Gasteiger partial charge >= 0.3 is 6.09 Å². The molecule has 0 spiro atoms. The first-order valence-corrected chi connectivity index (χ1v) is 6.55. The van der Waals surface area contributed by atoms with Crippen LogP contribution in [0.25, 0.3) is 0 Å². The summed E-state index contributed by atoms with van der Waals surface area (Å²) >= 11 is 0. The first-order chi connectivity index (χ1) is 9.50. The Balaban J connectivity index is 2.35. The minimum absolute atomic E-state index is 0.159. The van der Waals surface area contributed by atoms with Gasteiger partial charge in [0.25, 0.3) is 0 Å². The van der Waals surface area contributed by atoms with Crippen LogP contribution in [0.15, 0.2) is 24.4 Å². The number of ether oxygens (including phenoxy) is 2. The zero-order valence-corrected chi connectivity index (χ0v) is 12.6. The molecule has 1 atom stereocenters. The van der Waals surface area contributed by atoms with Crippen molar-refractivity contribution >= 4 is 6.09 Å². The lowest BCUT2D eigenvalue weighted by Crippen LogP contribution is -2.35. The Morgan fingerprint density at radius 1 is 1.30 bits per heavy atom. The molecule has 0 aromatic carbocycles. The van der Waals surface area contributed by atoms with Gasteiger partial charge in [-0.25, -0.2) is 9.78 Å². The van der Waals surface area contributed by atoms with Gasteiger partial charge in [0, 0.05) is 38.8 Å². The molecule has 0 radical (unpaired) electrons. The van der Waals surface area contributed by atoms with Gasteiger partial charge in [0.05, 0.1) is 6.61 Å². The number of pyridine rings is 1. The van der Waals surface area contributed by atoms with Crippen molar-refractivity contribution in [3.8, 4) is 5.88 Å². The third kappa shape index (κ3) is 5.88. The second-order valence-electron chi connectivity index (χ2n) is 4.89. The standard InChI is InChI=1S/C14H23N3O3/c1-16(2)12(8-10-19-14(18)17(3)4)11-20-13-7-5-6-9-15-13/h5-7,9,12H,8,10-11H2,1-4H3. The summed E-state index contributed by atoms with van der Waals surface area (Å²) in [5.74, 6) is 0.602. The smallest absolute Gasteiger partial charge is 0.409 e. The number of carbonyl (C=O) groups excluding carboxylic acids is 1. The van der Waals surface area contributed by atoms with E-state index in [0.29, 0.717) is 25.5 Å². The third-order valence-corrected chi connectivity index (χ3v) is 2.83. The number of hydrogen-bond acceptors (Lipinski definition) is 5. The molecule has 0 aliphatic rings. The molecule has 0 fully saturated rings. The van der Waals surface area contributed by atoms with E-state index in [1.165, 1.54) is 4.90 Å². The summed E-state index contributed by atoms with van der Waals surface area (Å²) in [6, 6.07) is 5.70. The molecule has 0 bridgehead atoms. The molecule has 1 heterocycles. The highest BCUT2D eigenvalue weighted by molar-refractivity contribution is 5.66. The van der Waals surface area contributed by atoms with Crippen molar-refractivity contribution in [1.82, 2.24) is 14.8 Å². The molecule has 1 aromatic rings. The van der Waals surface area contributed by atoms with E-state index in [0.717, 1.165) is 0 Å². The average Bonchev–Trinajstić information content (AvgIpc) is 2.42. The van der Waals surface area contributed by atoms with Gasteiger partial charge in [-0.15, -0.1) is 0 Å². The SMILES string of the molecule is CN(C)C(=O)OCCC(COc1ccccn1)N(C)C. The summed E-state index contributed by atoms with van der Waals surface area (Å²) in [5.41, 5.74) is 0. The molecular weight excluding hydrogens is 258 g/mol. The minimum atomic E-state index is -0.326. The number of hydrogen-bond donors (Lipinski definition) is 0. The number of amides is 1. The van der Waals surface area contributed by atoms with Gasteiger partial charge in [-0.05, 0) is 20.2 Å². The van der Waals surface area contributed by atoms with Crippen LogP contribution in [0.2, 0.25) is 0 Å². The predicted molar refractivity (Wildman–Crippen MR) is 76.9 cm³/mol. The molecule has 0 saturated carbocycles.